The van der Waals surface area contributed by atoms with E-state index >= 15 is 0 Å². The van der Waals surface area contributed by atoms with Gasteiger partial charge < -0.3 is 14.8 Å². The number of hydrogen-bond acceptors (Lipinski definition) is 4. The molecule has 0 fully saturated rings. The first kappa shape index (κ1) is 16.1. The van der Waals surface area contributed by atoms with Gasteiger partial charge in [-0.05, 0) is 45.9 Å². The van der Waals surface area contributed by atoms with E-state index in [4.69, 9.17) is 9.47 Å². The van der Waals surface area contributed by atoms with E-state index in [1.165, 1.54) is 0 Å². The van der Waals surface area contributed by atoms with Crippen LogP contribution in [-0.2, 0) is 4.74 Å². The number of carbonyl (C=O) groups excluding carboxylic acids is 1. The lowest BCUT2D eigenvalue weighted by Crippen LogP contribution is -2.26. The molecule has 1 N–H and O–H groups in total. The van der Waals surface area contributed by atoms with Gasteiger partial charge in [0.15, 0.2) is 5.88 Å². The molecule has 4 heteroatoms. The highest BCUT2D eigenvalue weighted by atomic mass is 16.5. The van der Waals surface area contributed by atoms with Crippen LogP contribution in [0, 0.1) is 0 Å². The minimum Gasteiger partial charge on any atom is -0.494 e. The van der Waals surface area contributed by atoms with Crippen molar-refractivity contribution >= 4 is 6.29 Å². The molecule has 0 aliphatic heterocycles. The Balaban J connectivity index is 2.19. The van der Waals surface area contributed by atoms with Gasteiger partial charge in [-0.1, -0.05) is 12.1 Å². The third kappa shape index (κ3) is 6.83. The maximum Gasteiger partial charge on any atom is 0.179 e. The lowest BCUT2D eigenvalue weighted by molar-refractivity contribution is 0.0413. The predicted octanol–water partition coefficient (Wildman–Crippen LogP) is 3.14. The smallest absolute Gasteiger partial charge is 0.179 e. The predicted molar refractivity (Wildman–Crippen MR) is 79.9 cm³/mol. The second-order valence-electron chi connectivity index (χ2n) is 5.46. The Morgan fingerprint density at radius 1 is 1.40 bits per heavy atom. The summed E-state index contributed by atoms with van der Waals surface area (Å²) in [6, 6.07) is 7.11. The zero-order valence-corrected chi connectivity index (χ0v) is 12.4. The molecule has 0 radical (unpaired) electrons. The van der Waals surface area contributed by atoms with Crippen LogP contribution in [0.1, 0.15) is 37.6 Å². The van der Waals surface area contributed by atoms with Gasteiger partial charge in [-0.15, -0.1) is 0 Å². The van der Waals surface area contributed by atoms with Crippen molar-refractivity contribution in [2.45, 2.75) is 32.8 Å². The fourth-order valence-corrected chi connectivity index (χ4v) is 1.57. The van der Waals surface area contributed by atoms with Gasteiger partial charge in [-0.3, -0.25) is 4.79 Å². The SMILES string of the molecule is C=C(NCCCOc1cccc(C=O)c1)OC(C)(C)C. The standard InChI is InChI=1S/C16H23NO3/c1-13(20-16(2,3)4)17-9-6-10-19-15-8-5-7-14(11-15)12-18/h5,7-8,11-12,17H,1,6,9-10H2,2-4H3. The number of carbonyl (C=O) groups is 1. The van der Waals surface area contributed by atoms with Crippen molar-refractivity contribution in [3.8, 4) is 5.75 Å². The van der Waals surface area contributed by atoms with Crippen molar-refractivity contribution in [1.29, 1.82) is 0 Å². The zero-order chi connectivity index (χ0) is 15.0. The molecule has 0 saturated carbocycles. The summed E-state index contributed by atoms with van der Waals surface area (Å²) in [7, 11) is 0. The Labute approximate surface area is 120 Å². The average molecular weight is 277 g/mol. The van der Waals surface area contributed by atoms with E-state index in [1.807, 2.05) is 26.8 Å². The van der Waals surface area contributed by atoms with Gasteiger partial charge in [0.25, 0.3) is 0 Å². The second kappa shape index (κ2) is 7.58. The molecule has 0 bridgehead atoms. The largest absolute Gasteiger partial charge is 0.494 e. The Morgan fingerprint density at radius 3 is 2.80 bits per heavy atom. The molecular weight excluding hydrogens is 254 g/mol. The van der Waals surface area contributed by atoms with E-state index in [-0.39, 0.29) is 5.60 Å². The maximum absolute atomic E-state index is 10.6. The summed E-state index contributed by atoms with van der Waals surface area (Å²) in [4.78, 5) is 10.6. The van der Waals surface area contributed by atoms with Gasteiger partial charge in [-0.25, -0.2) is 0 Å². The van der Waals surface area contributed by atoms with Crippen molar-refractivity contribution < 1.29 is 14.3 Å². The number of benzene rings is 1. The molecule has 0 aromatic heterocycles. The van der Waals surface area contributed by atoms with Crippen molar-refractivity contribution in [2.24, 2.45) is 0 Å². The van der Waals surface area contributed by atoms with Gasteiger partial charge in [0.2, 0.25) is 0 Å². The Bertz CT molecular complexity index is 449. The molecule has 1 aromatic carbocycles. The fraction of sp³-hybridized carbons (Fsp3) is 0.438. The topological polar surface area (TPSA) is 47.6 Å². The first-order chi connectivity index (χ1) is 9.40. The van der Waals surface area contributed by atoms with Crippen LogP contribution < -0.4 is 10.1 Å². The molecule has 0 unspecified atom stereocenters. The molecule has 20 heavy (non-hydrogen) atoms. The molecule has 4 nitrogen and oxygen atoms in total. The second-order valence-corrected chi connectivity index (χ2v) is 5.46. The van der Waals surface area contributed by atoms with Crippen molar-refractivity contribution in [3.05, 3.63) is 42.3 Å². The molecule has 0 aliphatic carbocycles. The minimum absolute atomic E-state index is 0.240. The van der Waals surface area contributed by atoms with Crippen molar-refractivity contribution in [2.75, 3.05) is 13.2 Å². The number of nitrogens with one attached hydrogen (secondary N) is 1. The Hall–Kier alpha value is -1.97. The van der Waals surface area contributed by atoms with Gasteiger partial charge in [-0.2, -0.15) is 0 Å². The van der Waals surface area contributed by atoms with Crippen LogP contribution in [0.3, 0.4) is 0 Å². The molecule has 0 heterocycles. The van der Waals surface area contributed by atoms with E-state index in [0.29, 0.717) is 23.8 Å². The third-order valence-corrected chi connectivity index (χ3v) is 2.34. The monoisotopic (exact) mass is 277 g/mol. The maximum atomic E-state index is 10.6. The van der Waals surface area contributed by atoms with E-state index in [1.54, 1.807) is 18.2 Å². The average Bonchev–Trinajstić information content (AvgIpc) is 2.36. The molecule has 0 amide bonds. The fourth-order valence-electron chi connectivity index (χ4n) is 1.57. The summed E-state index contributed by atoms with van der Waals surface area (Å²) in [5.41, 5.74) is 0.378. The number of aldehydes is 1. The Morgan fingerprint density at radius 2 is 2.15 bits per heavy atom. The van der Waals surface area contributed by atoms with Crippen LogP contribution in [0.15, 0.2) is 36.7 Å². The summed E-state index contributed by atoms with van der Waals surface area (Å²) in [6.07, 6.45) is 1.63. The van der Waals surface area contributed by atoms with Crippen LogP contribution in [0.4, 0.5) is 0 Å². The first-order valence-electron chi connectivity index (χ1n) is 6.70. The Kier molecular flexibility index (Phi) is 6.10. The highest BCUT2D eigenvalue weighted by molar-refractivity contribution is 5.75. The molecule has 0 spiro atoms. The third-order valence-electron chi connectivity index (χ3n) is 2.34. The van der Waals surface area contributed by atoms with Crippen LogP contribution in [0.5, 0.6) is 5.75 Å². The minimum atomic E-state index is -0.240. The van der Waals surface area contributed by atoms with E-state index < -0.39 is 0 Å². The lowest BCUT2D eigenvalue weighted by atomic mass is 10.2. The first-order valence-corrected chi connectivity index (χ1v) is 6.70. The summed E-state index contributed by atoms with van der Waals surface area (Å²) in [5.74, 6) is 1.28. The van der Waals surface area contributed by atoms with Gasteiger partial charge in [0.1, 0.15) is 17.6 Å². The van der Waals surface area contributed by atoms with E-state index in [0.717, 1.165) is 19.3 Å². The van der Waals surface area contributed by atoms with Gasteiger partial charge in [0, 0.05) is 12.1 Å². The molecular formula is C16H23NO3. The van der Waals surface area contributed by atoms with Gasteiger partial charge >= 0.3 is 0 Å². The number of hydrogen-bond donors (Lipinski definition) is 1. The molecule has 0 atom stereocenters. The van der Waals surface area contributed by atoms with Crippen molar-refractivity contribution in [3.63, 3.8) is 0 Å². The highest BCUT2D eigenvalue weighted by Gasteiger charge is 2.11. The quantitative estimate of drug-likeness (QED) is 0.450. The summed E-state index contributed by atoms with van der Waals surface area (Å²) in [6.45, 7) is 11.0. The summed E-state index contributed by atoms with van der Waals surface area (Å²) >= 11 is 0. The highest BCUT2D eigenvalue weighted by Crippen LogP contribution is 2.12. The van der Waals surface area contributed by atoms with Crippen LogP contribution >= 0.6 is 0 Å². The van der Waals surface area contributed by atoms with Crippen molar-refractivity contribution in [1.82, 2.24) is 5.32 Å². The molecule has 1 rings (SSSR count). The molecule has 110 valence electrons. The molecule has 0 aliphatic rings. The van der Waals surface area contributed by atoms with E-state index in [9.17, 15) is 4.79 Å². The zero-order valence-electron chi connectivity index (χ0n) is 12.4. The van der Waals surface area contributed by atoms with E-state index in [2.05, 4.69) is 11.9 Å². The molecule has 1 aromatic rings. The molecule has 0 saturated heterocycles. The van der Waals surface area contributed by atoms with Crippen LogP contribution in [-0.4, -0.2) is 25.0 Å². The summed E-state index contributed by atoms with van der Waals surface area (Å²) in [5, 5.41) is 3.10. The number of ether oxygens (including phenoxy) is 2. The lowest BCUT2D eigenvalue weighted by Gasteiger charge is -2.23. The summed E-state index contributed by atoms with van der Waals surface area (Å²) < 4.78 is 11.1. The normalized spacial score (nSPS) is 10.8. The number of rotatable bonds is 8. The van der Waals surface area contributed by atoms with Gasteiger partial charge in [0.05, 0.1) is 6.61 Å². The van der Waals surface area contributed by atoms with Crippen LogP contribution in [0.2, 0.25) is 0 Å². The van der Waals surface area contributed by atoms with Crippen LogP contribution in [0.25, 0.3) is 0 Å².